The van der Waals surface area contributed by atoms with Crippen molar-refractivity contribution in [3.05, 3.63) is 11.6 Å². The molecule has 4 aliphatic rings. The van der Waals surface area contributed by atoms with Crippen molar-refractivity contribution in [3.63, 3.8) is 0 Å². The van der Waals surface area contributed by atoms with E-state index in [4.69, 9.17) is 0 Å². The number of hydrogen-bond donors (Lipinski definition) is 0. The van der Waals surface area contributed by atoms with Crippen molar-refractivity contribution in [2.75, 3.05) is 0 Å². The van der Waals surface area contributed by atoms with Gasteiger partial charge in [-0.15, -0.1) is 0 Å². The van der Waals surface area contributed by atoms with E-state index < -0.39 is 0 Å². The lowest BCUT2D eigenvalue weighted by Crippen LogP contribution is -2.20. The van der Waals surface area contributed by atoms with Crippen LogP contribution in [0, 0.1) is 40.9 Å². The lowest BCUT2D eigenvalue weighted by molar-refractivity contribution is 0.228. The summed E-state index contributed by atoms with van der Waals surface area (Å²) in [5.41, 5.74) is 2.28. The van der Waals surface area contributed by atoms with Crippen LogP contribution in [0.3, 0.4) is 0 Å². The fourth-order valence-electron chi connectivity index (χ4n) is 5.91. The van der Waals surface area contributed by atoms with E-state index in [1.54, 1.807) is 12.8 Å². The van der Waals surface area contributed by atoms with Crippen molar-refractivity contribution in [2.24, 2.45) is 40.9 Å². The van der Waals surface area contributed by atoms with Gasteiger partial charge in [0.15, 0.2) is 0 Å². The molecule has 4 aliphatic carbocycles. The predicted molar refractivity (Wildman–Crippen MR) is 76.2 cm³/mol. The molecule has 0 N–H and O–H groups in total. The summed E-state index contributed by atoms with van der Waals surface area (Å²) in [7, 11) is 0. The van der Waals surface area contributed by atoms with Crippen molar-refractivity contribution < 1.29 is 0 Å². The van der Waals surface area contributed by atoms with E-state index in [1.165, 1.54) is 25.7 Å². The summed E-state index contributed by atoms with van der Waals surface area (Å²) in [4.78, 5) is 0. The van der Waals surface area contributed by atoms with Crippen LogP contribution in [0.25, 0.3) is 0 Å². The molecule has 0 heterocycles. The molecule has 0 bridgehead atoms. The highest BCUT2D eigenvalue weighted by atomic mass is 14.7. The molecule has 4 unspecified atom stereocenters. The first-order valence-corrected chi connectivity index (χ1v) is 8.31. The molecule has 0 spiro atoms. The molecule has 0 aromatic carbocycles. The first-order valence-electron chi connectivity index (χ1n) is 8.31. The third kappa shape index (κ3) is 1.44. The van der Waals surface area contributed by atoms with Crippen LogP contribution in [0.1, 0.15) is 59.3 Å². The van der Waals surface area contributed by atoms with E-state index in [9.17, 15) is 0 Å². The van der Waals surface area contributed by atoms with Crippen LogP contribution in [-0.4, -0.2) is 0 Å². The molecule has 18 heavy (non-hydrogen) atoms. The van der Waals surface area contributed by atoms with E-state index >= 15 is 0 Å². The van der Waals surface area contributed by atoms with Crippen LogP contribution in [-0.2, 0) is 0 Å². The number of rotatable bonds is 0. The van der Waals surface area contributed by atoms with E-state index in [0.717, 1.165) is 35.5 Å². The van der Waals surface area contributed by atoms with Gasteiger partial charge in [-0.3, -0.25) is 0 Å². The average molecular weight is 244 g/mol. The Labute approximate surface area is 112 Å². The van der Waals surface area contributed by atoms with Crippen molar-refractivity contribution >= 4 is 0 Å². The first kappa shape index (κ1) is 11.6. The van der Waals surface area contributed by atoms with Gasteiger partial charge in [-0.1, -0.05) is 58.1 Å². The van der Waals surface area contributed by atoms with Gasteiger partial charge in [0.2, 0.25) is 0 Å². The van der Waals surface area contributed by atoms with E-state index in [-0.39, 0.29) is 0 Å². The van der Waals surface area contributed by atoms with Crippen LogP contribution in [0.2, 0.25) is 0 Å². The summed E-state index contributed by atoms with van der Waals surface area (Å²) < 4.78 is 0. The van der Waals surface area contributed by atoms with Crippen LogP contribution in [0.4, 0.5) is 0 Å². The van der Waals surface area contributed by atoms with Crippen molar-refractivity contribution in [1.82, 2.24) is 0 Å². The second kappa shape index (κ2) is 3.64. The maximum absolute atomic E-state index is 2.75. The molecule has 0 amide bonds. The number of hydrogen-bond acceptors (Lipinski definition) is 0. The van der Waals surface area contributed by atoms with Crippen molar-refractivity contribution in [3.8, 4) is 0 Å². The van der Waals surface area contributed by atoms with E-state index in [1.807, 2.05) is 5.57 Å². The maximum atomic E-state index is 2.75. The predicted octanol–water partition coefficient (Wildman–Crippen LogP) is 5.05. The Morgan fingerprint density at radius 3 is 2.22 bits per heavy atom. The highest BCUT2D eigenvalue weighted by molar-refractivity contribution is 5.38. The Bertz CT molecular complexity index is 383. The van der Waals surface area contributed by atoms with Gasteiger partial charge in [0.05, 0.1) is 0 Å². The Morgan fingerprint density at radius 2 is 1.56 bits per heavy atom. The van der Waals surface area contributed by atoms with Gasteiger partial charge in [0.25, 0.3) is 0 Å². The zero-order valence-electron chi connectivity index (χ0n) is 12.3. The lowest BCUT2D eigenvalue weighted by Gasteiger charge is -2.28. The molecule has 0 saturated heterocycles. The molecule has 3 saturated carbocycles. The molecule has 3 fully saturated rings. The highest BCUT2D eigenvalue weighted by Crippen LogP contribution is 2.75. The number of fused-ring (bicyclic) bond motifs is 4. The molecule has 6 atom stereocenters. The summed E-state index contributed by atoms with van der Waals surface area (Å²) >= 11 is 0. The zero-order valence-corrected chi connectivity index (χ0v) is 12.3. The normalized spacial score (nSPS) is 50.1. The summed E-state index contributed by atoms with van der Waals surface area (Å²) in [6.45, 7) is 7.29. The summed E-state index contributed by atoms with van der Waals surface area (Å²) in [6.07, 6.45) is 11.9. The Balaban J connectivity index is 1.62. The molecule has 4 rings (SSSR count). The van der Waals surface area contributed by atoms with E-state index in [2.05, 4.69) is 26.8 Å². The van der Waals surface area contributed by atoms with Gasteiger partial charge in [0, 0.05) is 0 Å². The molecule has 0 aromatic rings. The minimum absolute atomic E-state index is 0.437. The molecule has 0 heteroatoms. The Kier molecular flexibility index (Phi) is 2.34. The summed E-state index contributed by atoms with van der Waals surface area (Å²) in [5, 5.41) is 0. The smallest absolute Gasteiger partial charge is 0.0127 e. The van der Waals surface area contributed by atoms with Crippen LogP contribution >= 0.6 is 0 Å². The molecular formula is C18H28. The fraction of sp³-hybridized carbons (Fsp3) is 0.889. The van der Waals surface area contributed by atoms with Gasteiger partial charge in [-0.25, -0.2) is 0 Å². The molecule has 0 aliphatic heterocycles. The van der Waals surface area contributed by atoms with Gasteiger partial charge in [-0.2, -0.15) is 0 Å². The molecule has 0 nitrogen and oxygen atoms in total. The largest absolute Gasteiger partial charge is 0.0808 e. The minimum atomic E-state index is 0.437. The third-order valence-corrected chi connectivity index (χ3v) is 6.54. The second-order valence-electron chi connectivity index (χ2n) is 8.45. The third-order valence-electron chi connectivity index (χ3n) is 6.54. The lowest BCUT2D eigenvalue weighted by atomic mass is 9.77. The van der Waals surface area contributed by atoms with Gasteiger partial charge in [0.1, 0.15) is 0 Å². The zero-order chi connectivity index (χ0) is 12.5. The topological polar surface area (TPSA) is 0 Å². The SMILES string of the molecule is CC(C)(C)C1=CC2C3C1C3[C@@H]1CCCCCC[C@@H]21. The summed E-state index contributed by atoms with van der Waals surface area (Å²) in [5.74, 6) is 6.44. The standard InChI is InChI=1S/C18H28/c1-18(2,3)14-10-13-11-8-6-4-5-7-9-12(11)15-16(13)17(14)15/h10-13,15-17H,4-9H2,1-3H3/t11-,12-,13?,15?,16?,17?/m1/s1. The van der Waals surface area contributed by atoms with Crippen LogP contribution in [0.5, 0.6) is 0 Å². The van der Waals surface area contributed by atoms with Crippen molar-refractivity contribution in [1.29, 1.82) is 0 Å². The molecule has 0 radical (unpaired) electrons. The molecule has 0 aromatic heterocycles. The summed E-state index contributed by atoms with van der Waals surface area (Å²) in [6, 6.07) is 0. The molecular weight excluding hydrogens is 216 g/mol. The van der Waals surface area contributed by atoms with Gasteiger partial charge >= 0.3 is 0 Å². The maximum Gasteiger partial charge on any atom is -0.0127 e. The average Bonchev–Trinajstić information content (AvgIpc) is 2.72. The monoisotopic (exact) mass is 244 g/mol. The van der Waals surface area contributed by atoms with E-state index in [0.29, 0.717) is 5.41 Å². The number of allylic oxidation sites excluding steroid dienone is 2. The first-order chi connectivity index (χ1) is 8.59. The second-order valence-corrected chi connectivity index (χ2v) is 8.45. The fourth-order valence-corrected chi connectivity index (χ4v) is 5.91. The van der Waals surface area contributed by atoms with Crippen LogP contribution < -0.4 is 0 Å². The molecule has 100 valence electrons. The Morgan fingerprint density at radius 1 is 0.889 bits per heavy atom. The minimum Gasteiger partial charge on any atom is -0.0808 e. The van der Waals surface area contributed by atoms with Gasteiger partial charge < -0.3 is 0 Å². The quantitative estimate of drug-likeness (QED) is 0.523. The van der Waals surface area contributed by atoms with Gasteiger partial charge in [-0.05, 0) is 53.8 Å². The Hall–Kier alpha value is -0.260. The highest BCUT2D eigenvalue weighted by Gasteiger charge is 2.69. The van der Waals surface area contributed by atoms with Crippen LogP contribution in [0.15, 0.2) is 11.6 Å². The van der Waals surface area contributed by atoms with Crippen molar-refractivity contribution in [2.45, 2.75) is 59.3 Å².